The van der Waals surface area contributed by atoms with E-state index in [0.29, 0.717) is 12.6 Å². The Kier molecular flexibility index (Phi) is 3.85. The Morgan fingerprint density at radius 1 is 1.40 bits per heavy atom. The lowest BCUT2D eigenvalue weighted by molar-refractivity contribution is 0.193. The fourth-order valence-corrected chi connectivity index (χ4v) is 2.79. The van der Waals surface area contributed by atoms with Gasteiger partial charge in [-0.1, -0.05) is 18.2 Å². The molecule has 20 heavy (non-hydrogen) atoms. The molecule has 1 saturated heterocycles. The number of nitrogens with two attached hydrogens (primary N) is 1. The van der Waals surface area contributed by atoms with Crippen molar-refractivity contribution in [2.24, 2.45) is 5.73 Å². The third-order valence-electron chi connectivity index (χ3n) is 3.98. The second-order valence-corrected chi connectivity index (χ2v) is 5.33. The summed E-state index contributed by atoms with van der Waals surface area (Å²) >= 11 is 0. The van der Waals surface area contributed by atoms with Gasteiger partial charge in [-0.3, -0.25) is 0 Å². The molecule has 1 aliphatic rings. The van der Waals surface area contributed by atoms with E-state index in [1.54, 1.807) is 0 Å². The highest BCUT2D eigenvalue weighted by Crippen LogP contribution is 2.26. The molecule has 0 radical (unpaired) electrons. The molecule has 2 aromatic rings. The molecule has 0 amide bonds. The van der Waals surface area contributed by atoms with Gasteiger partial charge in [0.05, 0.1) is 18.2 Å². The van der Waals surface area contributed by atoms with Crippen LogP contribution < -0.4 is 10.6 Å². The van der Waals surface area contributed by atoms with Crippen LogP contribution in [-0.4, -0.2) is 37.8 Å². The van der Waals surface area contributed by atoms with Gasteiger partial charge in [0.25, 0.3) is 0 Å². The summed E-state index contributed by atoms with van der Waals surface area (Å²) < 4.78 is 5.49. The summed E-state index contributed by atoms with van der Waals surface area (Å²) in [5, 5.41) is 1.18. The first-order valence-corrected chi connectivity index (χ1v) is 7.19. The van der Waals surface area contributed by atoms with E-state index in [2.05, 4.69) is 30.1 Å². The number of rotatable bonds is 4. The number of fused-ring (bicyclic) bond motifs is 1. The topological polar surface area (TPSA) is 51.4 Å². The van der Waals surface area contributed by atoms with E-state index >= 15 is 0 Å². The molecule has 1 fully saturated rings. The van der Waals surface area contributed by atoms with Gasteiger partial charge in [-0.25, -0.2) is 4.98 Å². The molecule has 4 heteroatoms. The average molecular weight is 271 g/mol. The van der Waals surface area contributed by atoms with Crippen LogP contribution in [0.1, 0.15) is 12.0 Å². The predicted molar refractivity (Wildman–Crippen MR) is 82.1 cm³/mol. The quantitative estimate of drug-likeness (QED) is 0.923. The molecule has 0 aliphatic carbocycles. The normalized spacial score (nSPS) is 18.6. The van der Waals surface area contributed by atoms with Crippen molar-refractivity contribution >= 4 is 16.7 Å². The predicted octanol–water partition coefficient (Wildman–Crippen LogP) is 1.96. The smallest absolute Gasteiger partial charge is 0.132 e. The highest BCUT2D eigenvalue weighted by atomic mass is 16.5. The molecular formula is C16H21N3O. The first-order chi connectivity index (χ1) is 9.79. The minimum atomic E-state index is 0.417. The number of benzene rings is 1. The Bertz CT molecular complexity index is 593. The van der Waals surface area contributed by atoms with Crippen LogP contribution in [0.15, 0.2) is 30.3 Å². The Morgan fingerprint density at radius 2 is 2.25 bits per heavy atom. The van der Waals surface area contributed by atoms with Crippen molar-refractivity contribution in [1.82, 2.24) is 4.98 Å². The third kappa shape index (κ3) is 2.49. The first-order valence-electron chi connectivity index (χ1n) is 7.19. The van der Waals surface area contributed by atoms with E-state index in [9.17, 15) is 0 Å². The molecule has 1 aromatic carbocycles. The zero-order valence-corrected chi connectivity index (χ0v) is 11.9. The highest BCUT2D eigenvalue weighted by molar-refractivity contribution is 5.81. The van der Waals surface area contributed by atoms with Crippen molar-refractivity contribution in [2.45, 2.75) is 18.9 Å². The summed E-state index contributed by atoms with van der Waals surface area (Å²) in [6, 6.07) is 10.9. The molecule has 4 nitrogen and oxygen atoms in total. The number of hydrogen-bond donors (Lipinski definition) is 1. The van der Waals surface area contributed by atoms with Crippen LogP contribution in [0.25, 0.3) is 10.9 Å². The largest absolute Gasteiger partial charge is 0.379 e. The van der Waals surface area contributed by atoms with Gasteiger partial charge in [0.1, 0.15) is 5.82 Å². The van der Waals surface area contributed by atoms with Gasteiger partial charge in [0, 0.05) is 19.0 Å². The van der Waals surface area contributed by atoms with Crippen LogP contribution in [0, 0.1) is 0 Å². The van der Waals surface area contributed by atoms with E-state index in [1.807, 2.05) is 12.1 Å². The molecule has 106 valence electrons. The summed E-state index contributed by atoms with van der Waals surface area (Å²) in [4.78, 5) is 7.11. The summed E-state index contributed by atoms with van der Waals surface area (Å²) in [7, 11) is 2.11. The molecule has 2 heterocycles. The maximum Gasteiger partial charge on any atom is 0.132 e. The lowest BCUT2D eigenvalue weighted by Gasteiger charge is -2.27. The molecule has 0 bridgehead atoms. The van der Waals surface area contributed by atoms with Gasteiger partial charge in [-0.05, 0) is 37.1 Å². The van der Waals surface area contributed by atoms with Gasteiger partial charge in [0.2, 0.25) is 0 Å². The fourth-order valence-electron chi connectivity index (χ4n) is 2.79. The van der Waals surface area contributed by atoms with E-state index < -0.39 is 0 Å². The standard InChI is InChI=1S/C16H21N3O/c1-19(14-7-9-20-11-14)16-13(6-8-17)10-12-4-2-3-5-15(12)18-16/h2-5,10,14H,6-9,11,17H2,1H3. The van der Waals surface area contributed by atoms with Gasteiger partial charge in [0.15, 0.2) is 0 Å². The maximum absolute atomic E-state index is 5.76. The Balaban J connectivity index is 2.03. The summed E-state index contributed by atoms with van der Waals surface area (Å²) in [5.41, 5.74) is 8.02. The van der Waals surface area contributed by atoms with Crippen molar-refractivity contribution in [3.05, 3.63) is 35.9 Å². The molecule has 0 spiro atoms. The second-order valence-electron chi connectivity index (χ2n) is 5.33. The van der Waals surface area contributed by atoms with Crippen LogP contribution >= 0.6 is 0 Å². The summed E-state index contributed by atoms with van der Waals surface area (Å²) in [6.45, 7) is 2.27. The first kappa shape index (κ1) is 13.3. The van der Waals surface area contributed by atoms with Gasteiger partial charge >= 0.3 is 0 Å². The number of likely N-dealkylation sites (N-methyl/N-ethyl adjacent to an activating group) is 1. The van der Waals surface area contributed by atoms with Gasteiger partial charge in [-0.15, -0.1) is 0 Å². The number of anilines is 1. The number of hydrogen-bond acceptors (Lipinski definition) is 4. The molecule has 1 unspecified atom stereocenters. The molecule has 1 atom stereocenters. The molecule has 1 aliphatic heterocycles. The van der Waals surface area contributed by atoms with E-state index in [0.717, 1.165) is 37.4 Å². The molecule has 3 rings (SSSR count). The van der Waals surface area contributed by atoms with Crippen LogP contribution in [-0.2, 0) is 11.2 Å². The van der Waals surface area contributed by atoms with Crippen molar-refractivity contribution in [1.29, 1.82) is 0 Å². The number of aromatic nitrogens is 1. The second kappa shape index (κ2) is 5.77. The summed E-state index contributed by atoms with van der Waals surface area (Å²) in [5.74, 6) is 1.05. The third-order valence-corrected chi connectivity index (χ3v) is 3.98. The zero-order chi connectivity index (χ0) is 13.9. The Morgan fingerprint density at radius 3 is 3.00 bits per heavy atom. The van der Waals surface area contributed by atoms with Crippen LogP contribution in [0.2, 0.25) is 0 Å². The Hall–Kier alpha value is -1.65. The minimum absolute atomic E-state index is 0.417. The van der Waals surface area contributed by atoms with Crippen molar-refractivity contribution in [2.75, 3.05) is 31.7 Å². The van der Waals surface area contributed by atoms with E-state index in [-0.39, 0.29) is 0 Å². The average Bonchev–Trinajstić information content (AvgIpc) is 3.00. The SMILES string of the molecule is CN(c1nc2ccccc2cc1CCN)C1CCOC1. The molecular weight excluding hydrogens is 250 g/mol. The lowest BCUT2D eigenvalue weighted by atomic mass is 10.1. The monoisotopic (exact) mass is 271 g/mol. The molecule has 1 aromatic heterocycles. The molecule has 2 N–H and O–H groups in total. The van der Waals surface area contributed by atoms with Crippen molar-refractivity contribution in [3.8, 4) is 0 Å². The maximum atomic E-state index is 5.76. The summed E-state index contributed by atoms with van der Waals surface area (Å²) in [6.07, 6.45) is 1.91. The van der Waals surface area contributed by atoms with E-state index in [1.165, 1.54) is 10.9 Å². The molecule has 0 saturated carbocycles. The number of ether oxygens (including phenoxy) is 1. The minimum Gasteiger partial charge on any atom is -0.379 e. The van der Waals surface area contributed by atoms with Gasteiger partial charge in [-0.2, -0.15) is 0 Å². The fraction of sp³-hybridized carbons (Fsp3) is 0.438. The van der Waals surface area contributed by atoms with Gasteiger partial charge < -0.3 is 15.4 Å². The van der Waals surface area contributed by atoms with Crippen molar-refractivity contribution < 1.29 is 4.74 Å². The van der Waals surface area contributed by atoms with E-state index in [4.69, 9.17) is 15.5 Å². The van der Waals surface area contributed by atoms with Crippen molar-refractivity contribution in [3.63, 3.8) is 0 Å². The number of nitrogens with zero attached hydrogens (tertiary/aromatic N) is 2. The number of para-hydroxylation sites is 1. The van der Waals surface area contributed by atoms with Crippen LogP contribution in [0.5, 0.6) is 0 Å². The number of pyridine rings is 1. The Labute approximate surface area is 119 Å². The highest BCUT2D eigenvalue weighted by Gasteiger charge is 2.23. The van der Waals surface area contributed by atoms with Crippen LogP contribution in [0.4, 0.5) is 5.82 Å². The zero-order valence-electron chi connectivity index (χ0n) is 11.9. The van der Waals surface area contributed by atoms with Crippen LogP contribution in [0.3, 0.4) is 0 Å². The lowest BCUT2D eigenvalue weighted by Crippen LogP contribution is -2.33.